The maximum absolute atomic E-state index is 12.7. The molecule has 2 atom stereocenters. The first-order chi connectivity index (χ1) is 17.5. The number of benzene rings is 3. The van der Waals surface area contributed by atoms with Crippen LogP contribution in [0.1, 0.15) is 11.1 Å². The first-order valence-corrected chi connectivity index (χ1v) is 11.8. The molecule has 8 nitrogen and oxygen atoms in total. The van der Waals surface area contributed by atoms with E-state index in [1.165, 1.54) is 0 Å². The average molecular weight is 481 g/mol. The van der Waals surface area contributed by atoms with E-state index in [4.69, 9.17) is 11.5 Å². The molecule has 8 N–H and O–H groups in total. The number of para-hydroxylation sites is 2. The number of carbonyl (C=O) groups excluding carboxylic acids is 2. The monoisotopic (exact) mass is 480 g/mol. The van der Waals surface area contributed by atoms with Crippen LogP contribution in [0.5, 0.6) is 0 Å². The minimum Gasteiger partial charge on any atom is -0.361 e. The van der Waals surface area contributed by atoms with Gasteiger partial charge in [-0.2, -0.15) is 0 Å². The molecular formula is C28H28N6O2. The highest BCUT2D eigenvalue weighted by Crippen LogP contribution is 2.21. The molecule has 2 heterocycles. The van der Waals surface area contributed by atoms with E-state index in [2.05, 4.69) is 20.6 Å². The number of amides is 2. The maximum atomic E-state index is 12.7. The van der Waals surface area contributed by atoms with Gasteiger partial charge in [0.25, 0.3) is 0 Å². The van der Waals surface area contributed by atoms with Crippen molar-refractivity contribution in [3.05, 3.63) is 96.3 Å². The number of aromatic amines is 2. The van der Waals surface area contributed by atoms with E-state index in [0.29, 0.717) is 24.2 Å². The van der Waals surface area contributed by atoms with Crippen molar-refractivity contribution < 1.29 is 9.59 Å². The normalized spacial score (nSPS) is 12.9. The van der Waals surface area contributed by atoms with Crippen molar-refractivity contribution in [3.8, 4) is 0 Å². The molecule has 182 valence electrons. The number of aromatic nitrogens is 2. The summed E-state index contributed by atoms with van der Waals surface area (Å²) in [6.07, 6.45) is 4.56. The lowest BCUT2D eigenvalue weighted by atomic mass is 10.0. The Labute approximate surface area is 208 Å². The summed E-state index contributed by atoms with van der Waals surface area (Å²) in [7, 11) is 0. The standard InChI is InChI=1S/C28H28N6O2/c29-23(12-17-15-31-25-10-3-1-8-21(17)25)27(35)33-19-6-5-7-20(14-19)34-28(36)24(30)13-18-16-32-26-11-4-2-9-22(18)26/h1-11,14-16,23-24,31-32H,12-13,29-30H2,(H,33,35)(H,34,36)/t23-,24-/m1/s1. The first kappa shape index (κ1) is 23.3. The Bertz CT molecular complexity index is 1420. The van der Waals surface area contributed by atoms with Crippen LogP contribution in [0.2, 0.25) is 0 Å². The van der Waals surface area contributed by atoms with Crippen LogP contribution in [0, 0.1) is 0 Å². The molecule has 0 spiro atoms. The highest BCUT2D eigenvalue weighted by molar-refractivity contribution is 5.98. The van der Waals surface area contributed by atoms with Gasteiger partial charge < -0.3 is 32.1 Å². The molecule has 0 saturated carbocycles. The van der Waals surface area contributed by atoms with Crippen LogP contribution in [0.15, 0.2) is 85.2 Å². The van der Waals surface area contributed by atoms with Gasteiger partial charge in [0, 0.05) is 45.6 Å². The van der Waals surface area contributed by atoms with E-state index < -0.39 is 12.1 Å². The summed E-state index contributed by atoms with van der Waals surface area (Å²) >= 11 is 0. The minimum absolute atomic E-state index is 0.306. The second kappa shape index (κ2) is 10.1. The summed E-state index contributed by atoms with van der Waals surface area (Å²) in [6.45, 7) is 0. The lowest BCUT2D eigenvalue weighted by Crippen LogP contribution is -2.38. The van der Waals surface area contributed by atoms with E-state index >= 15 is 0 Å². The first-order valence-electron chi connectivity index (χ1n) is 11.8. The topological polar surface area (TPSA) is 142 Å². The SMILES string of the molecule is N[C@H](Cc1c[nH]c2ccccc12)C(=O)Nc1cccc(NC(=O)[C@H](N)Cc2c[nH]c3ccccc23)c1. The van der Waals surface area contributed by atoms with Crippen LogP contribution >= 0.6 is 0 Å². The molecule has 3 aromatic carbocycles. The number of fused-ring (bicyclic) bond motifs is 2. The Kier molecular flexibility index (Phi) is 6.53. The van der Waals surface area contributed by atoms with Crippen molar-refractivity contribution in [2.24, 2.45) is 11.5 Å². The molecule has 0 aliphatic carbocycles. The van der Waals surface area contributed by atoms with Gasteiger partial charge in [-0.3, -0.25) is 9.59 Å². The highest BCUT2D eigenvalue weighted by atomic mass is 16.2. The molecular weight excluding hydrogens is 452 g/mol. The summed E-state index contributed by atoms with van der Waals surface area (Å²) in [5.41, 5.74) is 17.4. The predicted molar refractivity (Wildman–Crippen MR) is 144 cm³/mol. The highest BCUT2D eigenvalue weighted by Gasteiger charge is 2.18. The molecule has 5 aromatic rings. The van der Waals surface area contributed by atoms with Crippen molar-refractivity contribution in [3.63, 3.8) is 0 Å². The number of carbonyl (C=O) groups is 2. The van der Waals surface area contributed by atoms with E-state index in [0.717, 1.165) is 32.9 Å². The smallest absolute Gasteiger partial charge is 0.241 e. The molecule has 0 fully saturated rings. The molecule has 0 radical (unpaired) electrons. The van der Waals surface area contributed by atoms with E-state index in [1.54, 1.807) is 24.3 Å². The van der Waals surface area contributed by atoms with Crippen molar-refractivity contribution >= 4 is 45.0 Å². The zero-order chi connectivity index (χ0) is 25.1. The molecule has 0 unspecified atom stereocenters. The number of hydrogen-bond donors (Lipinski definition) is 6. The Balaban J connectivity index is 1.19. The summed E-state index contributed by atoms with van der Waals surface area (Å²) in [5, 5.41) is 7.78. The largest absolute Gasteiger partial charge is 0.361 e. The molecule has 0 saturated heterocycles. The van der Waals surface area contributed by atoms with Crippen LogP contribution in [-0.4, -0.2) is 33.9 Å². The fourth-order valence-electron chi connectivity index (χ4n) is 4.40. The molecule has 36 heavy (non-hydrogen) atoms. The molecule has 2 aromatic heterocycles. The third kappa shape index (κ3) is 5.00. The molecule has 5 rings (SSSR count). The second-order valence-electron chi connectivity index (χ2n) is 8.90. The van der Waals surface area contributed by atoms with Crippen molar-refractivity contribution in [1.82, 2.24) is 9.97 Å². The molecule has 0 aliphatic heterocycles. The zero-order valence-corrected chi connectivity index (χ0v) is 19.6. The van der Waals surface area contributed by atoms with E-state index in [1.807, 2.05) is 60.9 Å². The number of nitrogens with one attached hydrogen (secondary N) is 4. The lowest BCUT2D eigenvalue weighted by Gasteiger charge is -2.15. The van der Waals surface area contributed by atoms with Crippen LogP contribution in [-0.2, 0) is 22.4 Å². The van der Waals surface area contributed by atoms with Crippen molar-refractivity contribution in [2.75, 3.05) is 10.6 Å². The lowest BCUT2D eigenvalue weighted by molar-refractivity contribution is -0.118. The van der Waals surface area contributed by atoms with Crippen molar-refractivity contribution in [2.45, 2.75) is 24.9 Å². The Morgan fingerprint density at radius 3 is 1.58 bits per heavy atom. The number of anilines is 2. The second-order valence-corrected chi connectivity index (χ2v) is 8.90. The summed E-state index contributed by atoms with van der Waals surface area (Å²) in [6, 6.07) is 21.3. The molecule has 8 heteroatoms. The van der Waals surface area contributed by atoms with Gasteiger partial charge in [-0.05, 0) is 54.3 Å². The van der Waals surface area contributed by atoms with Gasteiger partial charge >= 0.3 is 0 Å². The third-order valence-corrected chi connectivity index (χ3v) is 6.30. The number of rotatable bonds is 8. The quantitative estimate of drug-likeness (QED) is 0.201. The van der Waals surface area contributed by atoms with Gasteiger partial charge in [0.1, 0.15) is 0 Å². The van der Waals surface area contributed by atoms with Gasteiger partial charge in [0.2, 0.25) is 11.8 Å². The minimum atomic E-state index is -0.730. The summed E-state index contributed by atoms with van der Waals surface area (Å²) in [4.78, 5) is 31.9. The van der Waals surface area contributed by atoms with Gasteiger partial charge in [-0.25, -0.2) is 0 Å². The number of nitrogens with two attached hydrogens (primary N) is 2. The van der Waals surface area contributed by atoms with E-state index in [9.17, 15) is 9.59 Å². The molecule has 0 bridgehead atoms. The van der Waals surface area contributed by atoms with Gasteiger partial charge in [0.05, 0.1) is 12.1 Å². The Morgan fingerprint density at radius 2 is 1.11 bits per heavy atom. The van der Waals surface area contributed by atoms with Crippen LogP contribution in [0.25, 0.3) is 21.8 Å². The van der Waals surface area contributed by atoms with Gasteiger partial charge in [-0.1, -0.05) is 42.5 Å². The van der Waals surface area contributed by atoms with Gasteiger partial charge in [-0.15, -0.1) is 0 Å². The number of H-pyrrole nitrogens is 2. The van der Waals surface area contributed by atoms with Gasteiger partial charge in [0.15, 0.2) is 0 Å². The fraction of sp³-hybridized carbons (Fsp3) is 0.143. The van der Waals surface area contributed by atoms with Crippen LogP contribution in [0.3, 0.4) is 0 Å². The van der Waals surface area contributed by atoms with E-state index in [-0.39, 0.29) is 11.8 Å². The summed E-state index contributed by atoms with van der Waals surface area (Å²) in [5.74, 6) is -0.611. The maximum Gasteiger partial charge on any atom is 0.241 e. The predicted octanol–water partition coefficient (Wildman–Crippen LogP) is 3.67. The zero-order valence-electron chi connectivity index (χ0n) is 19.6. The Morgan fingerprint density at radius 1 is 0.667 bits per heavy atom. The average Bonchev–Trinajstić information content (AvgIpc) is 3.48. The van der Waals surface area contributed by atoms with Crippen LogP contribution < -0.4 is 22.1 Å². The molecule has 0 aliphatic rings. The fourth-order valence-corrected chi connectivity index (χ4v) is 4.40. The van der Waals surface area contributed by atoms with Crippen LogP contribution in [0.4, 0.5) is 11.4 Å². The molecule has 2 amide bonds. The number of hydrogen-bond acceptors (Lipinski definition) is 4. The Hall–Kier alpha value is -4.40. The third-order valence-electron chi connectivity index (χ3n) is 6.30. The van der Waals surface area contributed by atoms with Crippen molar-refractivity contribution in [1.29, 1.82) is 0 Å². The summed E-state index contributed by atoms with van der Waals surface area (Å²) < 4.78 is 0.